The number of hydrogen-bond acceptors (Lipinski definition) is 8. The van der Waals surface area contributed by atoms with Crippen LogP contribution in [0.5, 0.6) is 5.75 Å². The molecule has 2 bridgehead atoms. The minimum Gasteiger partial charge on any atom is -0.493 e. The summed E-state index contributed by atoms with van der Waals surface area (Å²) in [7, 11) is 0. The fraction of sp³-hybridized carbons (Fsp3) is 0.333. The fourth-order valence-electron chi connectivity index (χ4n) is 6.47. The van der Waals surface area contributed by atoms with E-state index in [0.717, 1.165) is 0 Å². The highest BCUT2D eigenvalue weighted by atomic mass is 16.6. The largest absolute Gasteiger partial charge is 0.493 e. The highest BCUT2D eigenvalue weighted by Gasteiger charge is 2.73. The van der Waals surface area contributed by atoms with Gasteiger partial charge in [-0.3, -0.25) is 29.8 Å². The smallest absolute Gasteiger partial charge is 0.277 e. The molecular weight excluding hydrogens is 494 g/mol. The Bertz CT molecular complexity index is 1520. The van der Waals surface area contributed by atoms with Gasteiger partial charge in [-0.25, -0.2) is 4.90 Å². The van der Waals surface area contributed by atoms with Crippen LogP contribution in [0, 0.1) is 32.1 Å². The van der Waals surface area contributed by atoms with Crippen molar-refractivity contribution in [2.45, 2.75) is 37.4 Å². The SMILES string of the molecule is CC12CCC(CCOc3ccc([N+](=O)[O-])cc3)(O1)[C@@H]1C(=O)N(c3ccc([N+](=O)[O-])c4ccccc34)C(=O)[C@@H]12. The van der Waals surface area contributed by atoms with Crippen LogP contribution in [0.15, 0.2) is 60.7 Å². The Hall–Kier alpha value is -4.38. The molecule has 3 aliphatic heterocycles. The van der Waals surface area contributed by atoms with Crippen molar-refractivity contribution in [3.05, 3.63) is 80.9 Å². The Kier molecular flexibility index (Phi) is 5.25. The number of amides is 2. The minimum absolute atomic E-state index is 0.0432. The van der Waals surface area contributed by atoms with E-state index in [-0.39, 0.29) is 29.8 Å². The van der Waals surface area contributed by atoms with E-state index in [0.29, 0.717) is 41.5 Å². The normalized spacial score (nSPS) is 27.7. The Morgan fingerprint density at radius 2 is 1.61 bits per heavy atom. The first-order valence-electron chi connectivity index (χ1n) is 12.3. The maximum Gasteiger partial charge on any atom is 0.277 e. The van der Waals surface area contributed by atoms with Crippen molar-refractivity contribution >= 4 is 39.6 Å². The van der Waals surface area contributed by atoms with Gasteiger partial charge in [0.1, 0.15) is 5.75 Å². The van der Waals surface area contributed by atoms with Gasteiger partial charge in [-0.15, -0.1) is 0 Å². The van der Waals surface area contributed by atoms with Crippen LogP contribution in [0.4, 0.5) is 17.1 Å². The number of carbonyl (C=O) groups is 2. The van der Waals surface area contributed by atoms with Gasteiger partial charge in [-0.1, -0.05) is 18.2 Å². The number of nitrogens with zero attached hydrogens (tertiary/aromatic N) is 3. The zero-order valence-electron chi connectivity index (χ0n) is 20.4. The van der Waals surface area contributed by atoms with E-state index in [1.807, 2.05) is 6.92 Å². The van der Waals surface area contributed by atoms with Gasteiger partial charge in [0.15, 0.2) is 0 Å². The van der Waals surface area contributed by atoms with Crippen molar-refractivity contribution in [3.63, 3.8) is 0 Å². The molecule has 2 unspecified atom stereocenters. The molecule has 2 amide bonds. The Morgan fingerprint density at radius 3 is 2.29 bits per heavy atom. The van der Waals surface area contributed by atoms with Crippen molar-refractivity contribution in [1.29, 1.82) is 0 Å². The highest BCUT2D eigenvalue weighted by molar-refractivity contribution is 6.26. The molecule has 3 heterocycles. The molecular formula is C27H23N3O8. The maximum absolute atomic E-state index is 13.9. The topological polar surface area (TPSA) is 142 Å². The summed E-state index contributed by atoms with van der Waals surface area (Å²) in [6.07, 6.45) is 1.55. The summed E-state index contributed by atoms with van der Waals surface area (Å²) >= 11 is 0. The van der Waals surface area contributed by atoms with Crippen LogP contribution in [-0.2, 0) is 14.3 Å². The van der Waals surface area contributed by atoms with Gasteiger partial charge in [-0.2, -0.15) is 0 Å². The highest BCUT2D eigenvalue weighted by Crippen LogP contribution is 2.62. The van der Waals surface area contributed by atoms with Crippen LogP contribution in [0.3, 0.4) is 0 Å². The lowest BCUT2D eigenvalue weighted by molar-refractivity contribution is -0.384. The molecule has 0 saturated carbocycles. The van der Waals surface area contributed by atoms with Crippen molar-refractivity contribution < 1.29 is 28.9 Å². The van der Waals surface area contributed by atoms with Crippen LogP contribution >= 0.6 is 0 Å². The molecule has 3 saturated heterocycles. The predicted octanol–water partition coefficient (Wildman–Crippen LogP) is 4.55. The predicted molar refractivity (Wildman–Crippen MR) is 135 cm³/mol. The second kappa shape index (κ2) is 8.32. The average molecular weight is 517 g/mol. The van der Waals surface area contributed by atoms with E-state index in [4.69, 9.17) is 9.47 Å². The number of non-ortho nitro benzene ring substituents is 2. The molecule has 3 aromatic carbocycles. The molecule has 0 aromatic heterocycles. The molecule has 0 aliphatic carbocycles. The second-order valence-corrected chi connectivity index (χ2v) is 10.2. The molecule has 194 valence electrons. The molecule has 6 rings (SSSR count). The van der Waals surface area contributed by atoms with Crippen LogP contribution in [0.2, 0.25) is 0 Å². The summed E-state index contributed by atoms with van der Waals surface area (Å²) in [6.45, 7) is 2.05. The number of fused-ring (bicyclic) bond motifs is 6. The minimum atomic E-state index is -0.891. The summed E-state index contributed by atoms with van der Waals surface area (Å²) in [5.74, 6) is -1.66. The molecule has 4 atom stereocenters. The molecule has 3 aromatic rings. The molecule has 3 aliphatic rings. The van der Waals surface area contributed by atoms with Crippen molar-refractivity contribution in [2.24, 2.45) is 11.8 Å². The summed E-state index contributed by atoms with van der Waals surface area (Å²) < 4.78 is 12.3. The molecule has 3 fully saturated rings. The molecule has 0 radical (unpaired) electrons. The van der Waals surface area contributed by atoms with Gasteiger partial charge in [0.25, 0.3) is 11.4 Å². The summed E-state index contributed by atoms with van der Waals surface area (Å²) in [6, 6.07) is 15.2. The number of nitro groups is 2. The number of nitro benzene ring substituents is 2. The lowest BCUT2D eigenvalue weighted by atomic mass is 9.67. The molecule has 0 spiro atoms. The van der Waals surface area contributed by atoms with Gasteiger partial charge in [0, 0.05) is 30.0 Å². The van der Waals surface area contributed by atoms with E-state index in [1.54, 1.807) is 24.3 Å². The monoisotopic (exact) mass is 517 g/mol. The molecule has 0 N–H and O–H groups in total. The third-order valence-corrected chi connectivity index (χ3v) is 8.17. The second-order valence-electron chi connectivity index (χ2n) is 10.2. The van der Waals surface area contributed by atoms with E-state index >= 15 is 0 Å². The van der Waals surface area contributed by atoms with E-state index in [9.17, 15) is 29.8 Å². The first-order valence-corrected chi connectivity index (χ1v) is 12.3. The van der Waals surface area contributed by atoms with Crippen molar-refractivity contribution in [3.8, 4) is 5.75 Å². The van der Waals surface area contributed by atoms with Gasteiger partial charge in [0.2, 0.25) is 11.8 Å². The summed E-state index contributed by atoms with van der Waals surface area (Å²) in [4.78, 5) is 50.4. The number of anilines is 1. The van der Waals surface area contributed by atoms with Crippen LogP contribution in [0.25, 0.3) is 10.8 Å². The lowest BCUT2D eigenvalue weighted by Gasteiger charge is -2.31. The van der Waals surface area contributed by atoms with E-state index in [2.05, 4.69) is 0 Å². The fourth-order valence-corrected chi connectivity index (χ4v) is 6.47. The van der Waals surface area contributed by atoms with Crippen LogP contribution < -0.4 is 9.64 Å². The molecule has 11 heteroatoms. The Labute approximate surface area is 216 Å². The lowest BCUT2D eigenvalue weighted by Crippen LogP contribution is -2.43. The summed E-state index contributed by atoms with van der Waals surface area (Å²) in [5, 5.41) is 23.3. The molecule has 38 heavy (non-hydrogen) atoms. The first-order chi connectivity index (χ1) is 18.2. The number of hydrogen-bond donors (Lipinski definition) is 0. The zero-order valence-corrected chi connectivity index (χ0v) is 20.4. The Morgan fingerprint density at radius 1 is 0.921 bits per heavy atom. The van der Waals surface area contributed by atoms with Crippen LogP contribution in [-0.4, -0.2) is 39.5 Å². The van der Waals surface area contributed by atoms with Gasteiger partial charge in [-0.05, 0) is 44.0 Å². The van der Waals surface area contributed by atoms with Crippen molar-refractivity contribution in [1.82, 2.24) is 0 Å². The van der Waals surface area contributed by atoms with Gasteiger partial charge in [0.05, 0.1) is 50.6 Å². The third kappa shape index (κ3) is 3.38. The molecule has 11 nitrogen and oxygen atoms in total. The average Bonchev–Trinajstić information content (AvgIpc) is 3.48. The maximum atomic E-state index is 13.9. The zero-order chi connectivity index (χ0) is 26.8. The van der Waals surface area contributed by atoms with Gasteiger partial charge < -0.3 is 9.47 Å². The summed E-state index contributed by atoms with van der Waals surface area (Å²) in [5.41, 5.74) is -1.51. The van der Waals surface area contributed by atoms with Crippen LogP contribution in [0.1, 0.15) is 26.2 Å². The number of benzene rings is 3. The number of carbonyl (C=O) groups excluding carboxylic acids is 2. The quantitative estimate of drug-likeness (QED) is 0.252. The number of rotatable bonds is 7. The first kappa shape index (κ1) is 24.0. The van der Waals surface area contributed by atoms with Crippen molar-refractivity contribution in [2.75, 3.05) is 11.5 Å². The third-order valence-electron chi connectivity index (χ3n) is 8.17. The Balaban J connectivity index is 1.30. The standard InChI is InChI=1S/C27H23N3O8/c1-26-12-13-27(38-26,14-15-37-17-8-6-16(7-9-17)29(33)34)23-22(26)24(31)28(25(23)32)20-10-11-21(30(35)36)19-5-3-2-4-18(19)20/h2-11,22-23H,12-15H2,1H3/t22-,23+,26?,27?/m1/s1. The van der Waals surface area contributed by atoms with Gasteiger partial charge >= 0.3 is 0 Å². The van der Waals surface area contributed by atoms with E-state index in [1.165, 1.54) is 41.3 Å². The number of imide groups is 1. The number of ether oxygens (including phenoxy) is 2. The van der Waals surface area contributed by atoms with E-state index < -0.39 is 32.9 Å².